The van der Waals surface area contributed by atoms with Crippen LogP contribution in [0.4, 0.5) is 5.69 Å². The van der Waals surface area contributed by atoms with Gasteiger partial charge in [-0.2, -0.15) is 0 Å². The molecule has 8 nitrogen and oxygen atoms in total. The third kappa shape index (κ3) is 6.70. The minimum Gasteiger partial charge on any atom is -0.459 e. The number of nitrogens with zero attached hydrogens (tertiary/aromatic N) is 2. The Balaban J connectivity index is 1.55. The van der Waals surface area contributed by atoms with E-state index in [9.17, 15) is 14.4 Å². The summed E-state index contributed by atoms with van der Waals surface area (Å²) in [6.45, 7) is 8.72. The Hall–Kier alpha value is -3.13. The minimum absolute atomic E-state index is 0.00860. The molecule has 2 aromatic rings. The first-order valence-corrected chi connectivity index (χ1v) is 11.7. The number of benzene rings is 1. The third-order valence-electron chi connectivity index (χ3n) is 6.12. The second kappa shape index (κ2) is 10.9. The van der Waals surface area contributed by atoms with Gasteiger partial charge in [-0.3, -0.25) is 14.4 Å². The highest BCUT2D eigenvalue weighted by Crippen LogP contribution is 2.23. The summed E-state index contributed by atoms with van der Waals surface area (Å²) in [4.78, 5) is 42.0. The molecule has 0 saturated carbocycles. The van der Waals surface area contributed by atoms with Gasteiger partial charge in [0, 0.05) is 43.3 Å². The van der Waals surface area contributed by atoms with Crippen molar-refractivity contribution in [2.24, 2.45) is 11.3 Å². The number of likely N-dealkylation sites (tertiary alicyclic amines) is 1. The second-order valence-corrected chi connectivity index (χ2v) is 10.1. The van der Waals surface area contributed by atoms with Crippen molar-refractivity contribution in [1.29, 1.82) is 0 Å². The lowest BCUT2D eigenvalue weighted by Gasteiger charge is -2.33. The molecule has 0 aliphatic carbocycles. The number of aryl methyl sites for hydroxylation is 1. The fraction of sp³-hybridized carbons (Fsp3) is 0.500. The number of hydrogen-bond acceptors (Lipinski definition) is 5. The first-order valence-electron chi connectivity index (χ1n) is 11.7. The molecule has 34 heavy (non-hydrogen) atoms. The van der Waals surface area contributed by atoms with Gasteiger partial charge in [0.1, 0.15) is 0 Å². The topological polar surface area (TPSA) is 94.9 Å². The zero-order chi connectivity index (χ0) is 24.9. The SMILES string of the molecule is Cc1ccc(C(=O)N2CCC(C(=O)NCC(C)(C)CN(C)C)CC2)cc1NC(=O)c1ccco1. The van der Waals surface area contributed by atoms with Gasteiger partial charge in [0.25, 0.3) is 11.8 Å². The van der Waals surface area contributed by atoms with E-state index in [4.69, 9.17) is 4.42 Å². The molecule has 1 aromatic heterocycles. The van der Waals surface area contributed by atoms with E-state index in [2.05, 4.69) is 29.4 Å². The summed E-state index contributed by atoms with van der Waals surface area (Å²) in [6.07, 6.45) is 2.72. The zero-order valence-electron chi connectivity index (χ0n) is 20.8. The molecule has 0 spiro atoms. The number of hydrogen-bond donors (Lipinski definition) is 2. The van der Waals surface area contributed by atoms with E-state index in [0.717, 1.165) is 12.1 Å². The molecule has 0 atom stereocenters. The summed E-state index contributed by atoms with van der Waals surface area (Å²) in [5, 5.41) is 5.91. The van der Waals surface area contributed by atoms with E-state index in [1.54, 1.807) is 29.2 Å². The lowest BCUT2D eigenvalue weighted by molar-refractivity contribution is -0.126. The number of piperidine rings is 1. The quantitative estimate of drug-likeness (QED) is 0.619. The van der Waals surface area contributed by atoms with Gasteiger partial charge in [0.2, 0.25) is 5.91 Å². The largest absolute Gasteiger partial charge is 0.459 e. The number of furan rings is 1. The lowest BCUT2D eigenvalue weighted by Crippen LogP contribution is -2.46. The van der Waals surface area contributed by atoms with Gasteiger partial charge in [0.15, 0.2) is 5.76 Å². The summed E-state index contributed by atoms with van der Waals surface area (Å²) in [7, 11) is 4.06. The molecule has 3 amide bonds. The van der Waals surface area contributed by atoms with Crippen LogP contribution in [-0.2, 0) is 4.79 Å². The second-order valence-electron chi connectivity index (χ2n) is 10.1. The van der Waals surface area contributed by atoms with Crippen molar-refractivity contribution in [2.75, 3.05) is 45.6 Å². The highest BCUT2D eigenvalue weighted by molar-refractivity contribution is 6.04. The number of amides is 3. The van der Waals surface area contributed by atoms with Crippen molar-refractivity contribution >= 4 is 23.4 Å². The Morgan fingerprint density at radius 2 is 1.85 bits per heavy atom. The van der Waals surface area contributed by atoms with Crippen LogP contribution in [-0.4, -0.2) is 67.8 Å². The van der Waals surface area contributed by atoms with E-state index in [0.29, 0.717) is 43.7 Å². The highest BCUT2D eigenvalue weighted by atomic mass is 16.3. The lowest BCUT2D eigenvalue weighted by atomic mass is 9.91. The summed E-state index contributed by atoms with van der Waals surface area (Å²) in [5.41, 5.74) is 1.92. The maximum atomic E-state index is 13.1. The van der Waals surface area contributed by atoms with Crippen LogP contribution in [0.1, 0.15) is 53.2 Å². The van der Waals surface area contributed by atoms with Crippen LogP contribution in [0.15, 0.2) is 41.0 Å². The Morgan fingerprint density at radius 1 is 1.15 bits per heavy atom. The van der Waals surface area contributed by atoms with Crippen LogP contribution < -0.4 is 10.6 Å². The number of anilines is 1. The van der Waals surface area contributed by atoms with E-state index >= 15 is 0 Å². The summed E-state index contributed by atoms with van der Waals surface area (Å²) >= 11 is 0. The average Bonchev–Trinajstić information content (AvgIpc) is 3.33. The molecule has 1 saturated heterocycles. The average molecular weight is 469 g/mol. The summed E-state index contributed by atoms with van der Waals surface area (Å²) < 4.78 is 5.14. The molecule has 3 rings (SSSR count). The maximum absolute atomic E-state index is 13.1. The van der Waals surface area contributed by atoms with Gasteiger partial charge >= 0.3 is 0 Å². The number of rotatable bonds is 8. The molecule has 1 aromatic carbocycles. The van der Waals surface area contributed by atoms with Crippen molar-refractivity contribution < 1.29 is 18.8 Å². The van der Waals surface area contributed by atoms with Crippen LogP contribution in [0.2, 0.25) is 0 Å². The molecule has 2 N–H and O–H groups in total. The Morgan fingerprint density at radius 3 is 2.47 bits per heavy atom. The zero-order valence-corrected chi connectivity index (χ0v) is 20.8. The summed E-state index contributed by atoms with van der Waals surface area (Å²) in [5.74, 6) is -0.267. The van der Waals surface area contributed by atoms with Crippen molar-refractivity contribution in [3.63, 3.8) is 0 Å². The van der Waals surface area contributed by atoms with E-state index in [-0.39, 0.29) is 34.8 Å². The van der Waals surface area contributed by atoms with Crippen molar-refractivity contribution in [3.8, 4) is 0 Å². The van der Waals surface area contributed by atoms with Crippen LogP contribution >= 0.6 is 0 Å². The highest BCUT2D eigenvalue weighted by Gasteiger charge is 2.29. The summed E-state index contributed by atoms with van der Waals surface area (Å²) in [6, 6.07) is 8.52. The predicted octanol–water partition coefficient (Wildman–Crippen LogP) is 3.40. The van der Waals surface area contributed by atoms with Gasteiger partial charge in [-0.05, 0) is 69.1 Å². The third-order valence-corrected chi connectivity index (χ3v) is 6.12. The predicted molar refractivity (Wildman–Crippen MR) is 132 cm³/mol. The number of carbonyl (C=O) groups excluding carboxylic acids is 3. The monoisotopic (exact) mass is 468 g/mol. The molecule has 1 fully saturated rings. The molecule has 0 bridgehead atoms. The van der Waals surface area contributed by atoms with E-state index in [1.165, 1.54) is 6.26 Å². The normalized spacial score (nSPS) is 14.8. The molecular formula is C26H36N4O4. The Labute approximate surface area is 201 Å². The van der Waals surface area contributed by atoms with Gasteiger partial charge < -0.3 is 24.9 Å². The van der Waals surface area contributed by atoms with Crippen molar-refractivity contribution in [2.45, 2.75) is 33.6 Å². The van der Waals surface area contributed by atoms with Crippen LogP contribution in [0, 0.1) is 18.3 Å². The minimum atomic E-state index is -0.363. The molecule has 1 aliphatic rings. The molecule has 2 heterocycles. The molecule has 0 radical (unpaired) electrons. The molecule has 0 unspecified atom stereocenters. The standard InChI is InChI=1S/C26H36N4O4/c1-18-8-9-20(15-21(18)28-24(32)22-7-6-14-34-22)25(33)30-12-10-19(11-13-30)23(31)27-16-26(2,3)17-29(4)5/h6-9,14-15,19H,10-13,16-17H2,1-5H3,(H,27,31)(H,28,32). The fourth-order valence-electron chi connectivity index (χ4n) is 4.39. The first-order chi connectivity index (χ1) is 16.1. The molecular weight excluding hydrogens is 432 g/mol. The Kier molecular flexibility index (Phi) is 8.15. The molecule has 1 aliphatic heterocycles. The number of carbonyl (C=O) groups is 3. The first kappa shape index (κ1) is 25.5. The number of nitrogens with one attached hydrogen (secondary N) is 2. The van der Waals surface area contributed by atoms with Crippen LogP contribution in [0.25, 0.3) is 0 Å². The van der Waals surface area contributed by atoms with Crippen molar-refractivity contribution in [1.82, 2.24) is 15.1 Å². The molecule has 8 heteroatoms. The molecule has 184 valence electrons. The van der Waals surface area contributed by atoms with Crippen molar-refractivity contribution in [3.05, 3.63) is 53.5 Å². The van der Waals surface area contributed by atoms with Crippen LogP contribution in [0.3, 0.4) is 0 Å². The van der Waals surface area contributed by atoms with E-state index < -0.39 is 0 Å². The van der Waals surface area contributed by atoms with Gasteiger partial charge in [-0.15, -0.1) is 0 Å². The van der Waals surface area contributed by atoms with Crippen LogP contribution in [0.5, 0.6) is 0 Å². The van der Waals surface area contributed by atoms with Gasteiger partial charge in [-0.1, -0.05) is 19.9 Å². The fourth-order valence-corrected chi connectivity index (χ4v) is 4.39. The van der Waals surface area contributed by atoms with E-state index in [1.807, 2.05) is 27.1 Å². The van der Waals surface area contributed by atoms with Gasteiger partial charge in [-0.25, -0.2) is 0 Å². The maximum Gasteiger partial charge on any atom is 0.291 e. The van der Waals surface area contributed by atoms with Gasteiger partial charge in [0.05, 0.1) is 6.26 Å². The smallest absolute Gasteiger partial charge is 0.291 e. The Bertz CT molecular complexity index is 1010.